The van der Waals surface area contributed by atoms with Gasteiger partial charge in [0.25, 0.3) is 0 Å². The van der Waals surface area contributed by atoms with Crippen molar-refractivity contribution in [3.63, 3.8) is 0 Å². The van der Waals surface area contributed by atoms with E-state index in [4.69, 9.17) is 22.1 Å². The van der Waals surface area contributed by atoms with Gasteiger partial charge in [0.1, 0.15) is 12.4 Å². The number of imidazole rings is 1. The first kappa shape index (κ1) is 18.0. The Balaban J connectivity index is 0.000000555. The van der Waals surface area contributed by atoms with Crippen molar-refractivity contribution in [2.75, 3.05) is 0 Å². The number of aromatic nitrogens is 2. The van der Waals surface area contributed by atoms with Crippen molar-refractivity contribution in [1.82, 2.24) is 4.57 Å². The standard InChI is InChI=1S/C8H14N2O3S.H2O4S/c1-3-4-8(14(11,12)13)10-6-5-9(2)7-10;1-5(2,3)4/h5-8H,3-4H2,1-2H3;(H2,1,2,3,4). The molecule has 0 aromatic carbocycles. The van der Waals surface area contributed by atoms with Crippen LogP contribution in [-0.2, 0) is 27.6 Å². The summed E-state index contributed by atoms with van der Waals surface area (Å²) in [5, 5.41) is -0.867. The zero-order chi connectivity index (χ0) is 15.3. The van der Waals surface area contributed by atoms with E-state index in [-0.39, 0.29) is 0 Å². The van der Waals surface area contributed by atoms with Crippen molar-refractivity contribution in [3.8, 4) is 0 Å². The molecule has 0 aliphatic carbocycles. The molecule has 1 rings (SSSR count). The van der Waals surface area contributed by atoms with Crippen molar-refractivity contribution in [3.05, 3.63) is 18.7 Å². The fourth-order valence-corrected chi connectivity index (χ4v) is 2.30. The molecule has 1 aromatic heterocycles. The second-order valence-electron chi connectivity index (χ2n) is 3.71. The maximum atomic E-state index is 11.1. The molecule has 9 nitrogen and oxygen atoms in total. The molecule has 2 N–H and O–H groups in total. The third-order valence-electron chi connectivity index (χ3n) is 2.00. The number of hydrogen-bond acceptors (Lipinski definition) is 5. The van der Waals surface area contributed by atoms with Crippen molar-refractivity contribution in [2.45, 2.75) is 25.1 Å². The van der Waals surface area contributed by atoms with Gasteiger partial charge >= 0.3 is 10.1 Å². The van der Waals surface area contributed by atoms with Crippen LogP contribution in [0.1, 0.15) is 25.1 Å². The first-order valence-corrected chi connectivity index (χ1v) is 7.99. The van der Waals surface area contributed by atoms with Crippen molar-refractivity contribution in [1.29, 1.82) is 0 Å². The van der Waals surface area contributed by atoms with Crippen LogP contribution in [0.3, 0.4) is 0 Å². The zero-order valence-corrected chi connectivity index (χ0v) is 12.0. The van der Waals surface area contributed by atoms with E-state index >= 15 is 0 Å². The fourth-order valence-electron chi connectivity index (χ4n) is 1.34. The average molecular weight is 316 g/mol. The topological polar surface area (TPSA) is 141 Å². The van der Waals surface area contributed by atoms with Crippen LogP contribution in [-0.4, -0.2) is 35.1 Å². The molecule has 1 aromatic rings. The van der Waals surface area contributed by atoms with Gasteiger partial charge in [-0.2, -0.15) is 8.42 Å². The number of rotatable bonds is 4. The van der Waals surface area contributed by atoms with Crippen LogP contribution in [0.4, 0.5) is 0 Å². The average Bonchev–Trinajstić information content (AvgIpc) is 2.56. The molecule has 0 radical (unpaired) electrons. The van der Waals surface area contributed by atoms with Gasteiger partial charge in [0.2, 0.25) is 22.1 Å². The molecular weight excluding hydrogens is 300 g/mol. The Morgan fingerprint density at radius 2 is 1.79 bits per heavy atom. The lowest BCUT2D eigenvalue weighted by molar-refractivity contribution is -0.671. The van der Waals surface area contributed by atoms with Crippen LogP contribution >= 0.6 is 0 Å². The molecule has 0 aliphatic heterocycles. The molecule has 0 bridgehead atoms. The van der Waals surface area contributed by atoms with E-state index in [0.717, 1.165) is 0 Å². The molecule has 112 valence electrons. The van der Waals surface area contributed by atoms with Gasteiger partial charge in [-0.05, 0) is 0 Å². The van der Waals surface area contributed by atoms with Crippen LogP contribution in [0.25, 0.3) is 0 Å². The molecule has 11 heteroatoms. The predicted octanol–water partition coefficient (Wildman–Crippen LogP) is -0.496. The van der Waals surface area contributed by atoms with Gasteiger partial charge in [-0.25, -0.2) is 17.6 Å². The third-order valence-corrected chi connectivity index (χ3v) is 3.17. The molecule has 0 saturated heterocycles. The molecule has 0 spiro atoms. The van der Waals surface area contributed by atoms with Crippen LogP contribution in [0.2, 0.25) is 0 Å². The Bertz CT molecular complexity index is 582. The van der Waals surface area contributed by atoms with E-state index in [1.54, 1.807) is 30.3 Å². The van der Waals surface area contributed by atoms with E-state index < -0.39 is 25.9 Å². The lowest BCUT2D eigenvalue weighted by Gasteiger charge is -2.08. The second kappa shape index (κ2) is 6.96. The van der Waals surface area contributed by atoms with Crippen LogP contribution in [0.15, 0.2) is 18.7 Å². The van der Waals surface area contributed by atoms with E-state index in [2.05, 4.69) is 0 Å². The minimum Gasteiger partial charge on any atom is -0.726 e. The first-order valence-electron chi connectivity index (χ1n) is 5.12. The summed E-state index contributed by atoms with van der Waals surface area (Å²) in [5.74, 6) is 0. The van der Waals surface area contributed by atoms with Crippen molar-refractivity contribution in [2.24, 2.45) is 7.05 Å². The molecule has 1 heterocycles. The summed E-state index contributed by atoms with van der Waals surface area (Å²) >= 11 is 0. The molecule has 0 saturated carbocycles. The highest BCUT2D eigenvalue weighted by molar-refractivity contribution is 7.85. The lowest BCUT2D eigenvalue weighted by Crippen LogP contribution is -2.26. The van der Waals surface area contributed by atoms with Crippen molar-refractivity contribution < 1.29 is 35.1 Å². The molecule has 0 fully saturated rings. The lowest BCUT2D eigenvalue weighted by atomic mass is 10.3. The quantitative estimate of drug-likeness (QED) is 0.433. The van der Waals surface area contributed by atoms with Crippen LogP contribution < -0.4 is 4.57 Å². The molecule has 1 atom stereocenters. The van der Waals surface area contributed by atoms with Gasteiger partial charge in [-0.1, -0.05) is 13.3 Å². The minimum atomic E-state index is -4.92. The maximum Gasteiger partial charge on any atom is 0.307 e. The van der Waals surface area contributed by atoms with Crippen molar-refractivity contribution >= 4 is 20.5 Å². The number of hydrogen-bond donors (Lipinski definition) is 2. The van der Waals surface area contributed by atoms with Gasteiger partial charge in [-0.3, -0.25) is 9.11 Å². The number of aryl methyl sites for hydroxylation is 1. The summed E-state index contributed by atoms with van der Waals surface area (Å²) < 4.78 is 67.2. The monoisotopic (exact) mass is 316 g/mol. The highest BCUT2D eigenvalue weighted by atomic mass is 32.3. The summed E-state index contributed by atoms with van der Waals surface area (Å²) in [6.07, 6.45) is 6.11. The van der Waals surface area contributed by atoms with Gasteiger partial charge in [0.15, 0.2) is 0 Å². The second-order valence-corrected chi connectivity index (χ2v) is 6.14. The van der Waals surface area contributed by atoms with Gasteiger partial charge in [0, 0.05) is 6.42 Å². The third kappa shape index (κ3) is 8.67. The summed E-state index contributed by atoms with van der Waals surface area (Å²) in [6.45, 7) is 1.88. The Kier molecular flexibility index (Phi) is 6.59. The van der Waals surface area contributed by atoms with Crippen LogP contribution in [0, 0.1) is 0 Å². The predicted molar refractivity (Wildman–Crippen MR) is 63.4 cm³/mol. The van der Waals surface area contributed by atoms with E-state index in [1.807, 2.05) is 6.92 Å². The zero-order valence-electron chi connectivity index (χ0n) is 10.4. The highest BCUT2D eigenvalue weighted by Gasteiger charge is 2.28. The Morgan fingerprint density at radius 3 is 2.05 bits per heavy atom. The minimum absolute atomic E-state index is 0.410. The van der Waals surface area contributed by atoms with Crippen LogP contribution in [0.5, 0.6) is 0 Å². The van der Waals surface area contributed by atoms with Gasteiger partial charge < -0.3 is 4.55 Å². The molecule has 1 unspecified atom stereocenters. The van der Waals surface area contributed by atoms with E-state index in [9.17, 15) is 8.42 Å². The molecule has 0 aliphatic rings. The van der Waals surface area contributed by atoms with Gasteiger partial charge in [0.05, 0.1) is 7.05 Å². The summed E-state index contributed by atoms with van der Waals surface area (Å²) in [4.78, 5) is 0. The summed E-state index contributed by atoms with van der Waals surface area (Å²) in [7, 11) is -7.14. The fraction of sp³-hybridized carbons (Fsp3) is 0.625. The summed E-state index contributed by atoms with van der Waals surface area (Å²) in [6, 6.07) is 0. The van der Waals surface area contributed by atoms with E-state index in [0.29, 0.717) is 12.8 Å². The SMILES string of the molecule is CCCC(n1cc[n+](C)c1)S(=O)(=O)O.O=S(=O)([O-])O. The Hall–Kier alpha value is -1.01. The summed E-state index contributed by atoms with van der Waals surface area (Å²) in [5.41, 5.74) is 0. The van der Waals surface area contributed by atoms with Gasteiger partial charge in [-0.15, -0.1) is 0 Å². The maximum absolute atomic E-state index is 11.1. The Labute approximate surface area is 111 Å². The Morgan fingerprint density at radius 1 is 1.32 bits per heavy atom. The first-order chi connectivity index (χ1) is 8.45. The molecular formula is C8H16N2O7S2. The molecule has 0 amide bonds. The number of nitrogens with zero attached hydrogens (tertiary/aromatic N) is 2. The molecule has 19 heavy (non-hydrogen) atoms. The normalized spacial score (nSPS) is 13.5. The van der Waals surface area contributed by atoms with E-state index in [1.165, 1.54) is 4.57 Å². The smallest absolute Gasteiger partial charge is 0.307 e. The highest BCUT2D eigenvalue weighted by Crippen LogP contribution is 2.18. The largest absolute Gasteiger partial charge is 0.726 e.